The largest absolute Gasteiger partial charge is 0.497 e. The summed E-state index contributed by atoms with van der Waals surface area (Å²) in [6.45, 7) is 0.728. The topological polar surface area (TPSA) is 59.6 Å². The number of hydrogen-bond donors (Lipinski definition) is 2. The van der Waals surface area contributed by atoms with E-state index >= 15 is 0 Å². The third-order valence-corrected chi connectivity index (χ3v) is 4.86. The molecule has 2 aromatic rings. The van der Waals surface area contributed by atoms with Crippen LogP contribution >= 0.6 is 0 Å². The van der Waals surface area contributed by atoms with Crippen LogP contribution in [0.15, 0.2) is 59.6 Å². The van der Waals surface area contributed by atoms with E-state index in [-0.39, 0.29) is 5.41 Å². The summed E-state index contributed by atoms with van der Waals surface area (Å²) in [6, 6.07) is 18.4. The van der Waals surface area contributed by atoms with Crippen molar-refractivity contribution in [3.05, 3.63) is 60.2 Å². The second-order valence-corrected chi connectivity index (χ2v) is 6.41. The molecule has 4 nitrogen and oxygen atoms in total. The van der Waals surface area contributed by atoms with Gasteiger partial charge in [-0.25, -0.2) is 0 Å². The Kier molecular flexibility index (Phi) is 5.04. The van der Waals surface area contributed by atoms with Crippen LogP contribution in [0.2, 0.25) is 0 Å². The molecule has 0 bridgehead atoms. The molecule has 0 amide bonds. The molecule has 0 aromatic heterocycles. The minimum atomic E-state index is 0.132. The number of ether oxygens (including phenoxy) is 1. The lowest BCUT2D eigenvalue weighted by Crippen LogP contribution is -2.30. The van der Waals surface area contributed by atoms with Crippen molar-refractivity contribution >= 4 is 11.6 Å². The predicted octanol–water partition coefficient (Wildman–Crippen LogP) is 3.93. The van der Waals surface area contributed by atoms with Crippen molar-refractivity contribution in [3.8, 4) is 5.75 Å². The molecule has 1 saturated carbocycles. The summed E-state index contributed by atoms with van der Waals surface area (Å²) < 4.78 is 5.16. The number of nitrogens with zero attached hydrogens (tertiary/aromatic N) is 1. The molecule has 1 fully saturated rings. The molecule has 0 saturated heterocycles. The van der Waals surface area contributed by atoms with Gasteiger partial charge < -0.3 is 15.8 Å². The van der Waals surface area contributed by atoms with Gasteiger partial charge in [-0.1, -0.05) is 43.2 Å². The molecule has 4 heteroatoms. The number of guanidine groups is 1. The van der Waals surface area contributed by atoms with Crippen molar-refractivity contribution in [2.24, 2.45) is 10.7 Å². The Labute approximate surface area is 143 Å². The van der Waals surface area contributed by atoms with Gasteiger partial charge in [-0.15, -0.1) is 0 Å². The van der Waals surface area contributed by atoms with Gasteiger partial charge in [-0.05, 0) is 42.7 Å². The molecular weight excluding hydrogens is 298 g/mol. The highest BCUT2D eigenvalue weighted by Crippen LogP contribution is 2.41. The van der Waals surface area contributed by atoms with Gasteiger partial charge in [0, 0.05) is 11.1 Å². The molecule has 0 unspecified atom stereocenters. The summed E-state index contributed by atoms with van der Waals surface area (Å²) >= 11 is 0. The SMILES string of the molecule is COc1ccc(NC(N)=NCC2(c3ccccc3)CCCC2)cc1. The minimum Gasteiger partial charge on any atom is -0.497 e. The number of hydrogen-bond acceptors (Lipinski definition) is 2. The summed E-state index contributed by atoms with van der Waals surface area (Å²) in [4.78, 5) is 4.64. The van der Waals surface area contributed by atoms with Gasteiger partial charge in [0.2, 0.25) is 0 Å². The molecule has 3 N–H and O–H groups in total. The summed E-state index contributed by atoms with van der Waals surface area (Å²) in [5.74, 6) is 1.28. The maximum absolute atomic E-state index is 6.10. The fraction of sp³-hybridized carbons (Fsp3) is 0.350. The fourth-order valence-corrected chi connectivity index (χ4v) is 3.48. The molecule has 0 radical (unpaired) electrons. The molecule has 1 aliphatic rings. The van der Waals surface area contributed by atoms with Gasteiger partial charge in [0.05, 0.1) is 13.7 Å². The molecule has 0 heterocycles. The maximum atomic E-state index is 6.10. The summed E-state index contributed by atoms with van der Waals surface area (Å²) in [7, 11) is 1.66. The second-order valence-electron chi connectivity index (χ2n) is 6.41. The number of rotatable bonds is 5. The number of anilines is 1. The highest BCUT2D eigenvalue weighted by Gasteiger charge is 2.35. The van der Waals surface area contributed by atoms with Crippen LogP contribution in [0, 0.1) is 0 Å². The first-order chi connectivity index (χ1) is 11.7. The van der Waals surface area contributed by atoms with Crippen LogP contribution in [-0.4, -0.2) is 19.6 Å². The number of nitrogens with one attached hydrogen (secondary N) is 1. The zero-order valence-corrected chi connectivity index (χ0v) is 14.2. The molecule has 2 aromatic carbocycles. The molecule has 0 spiro atoms. The first-order valence-corrected chi connectivity index (χ1v) is 8.48. The molecule has 0 aliphatic heterocycles. The standard InChI is InChI=1S/C20H25N3O/c1-24-18-11-9-17(10-12-18)23-19(21)22-15-20(13-5-6-14-20)16-7-3-2-4-8-16/h2-4,7-12H,5-6,13-15H2,1H3,(H3,21,22,23). The van der Waals surface area contributed by atoms with Crippen molar-refractivity contribution in [1.29, 1.82) is 0 Å². The van der Waals surface area contributed by atoms with Gasteiger partial charge in [-0.2, -0.15) is 0 Å². The first kappa shape index (κ1) is 16.4. The van der Waals surface area contributed by atoms with Gasteiger partial charge >= 0.3 is 0 Å². The molecule has 24 heavy (non-hydrogen) atoms. The average molecular weight is 323 g/mol. The highest BCUT2D eigenvalue weighted by molar-refractivity contribution is 5.92. The third kappa shape index (κ3) is 3.70. The van der Waals surface area contributed by atoms with Crippen molar-refractivity contribution < 1.29 is 4.74 Å². The van der Waals surface area contributed by atoms with Crippen molar-refractivity contribution in [2.75, 3.05) is 19.0 Å². The Bertz CT molecular complexity index is 674. The zero-order chi connectivity index (χ0) is 16.8. The Balaban J connectivity index is 1.70. The Morgan fingerprint density at radius 2 is 1.75 bits per heavy atom. The average Bonchev–Trinajstić information content (AvgIpc) is 3.12. The normalized spacial score (nSPS) is 16.8. The maximum Gasteiger partial charge on any atom is 0.193 e. The Morgan fingerprint density at radius 3 is 2.38 bits per heavy atom. The van der Waals surface area contributed by atoms with Crippen LogP contribution in [0.4, 0.5) is 5.69 Å². The summed E-state index contributed by atoms with van der Waals surface area (Å²) in [5, 5.41) is 3.16. The molecule has 1 aliphatic carbocycles. The quantitative estimate of drug-likeness (QED) is 0.647. The first-order valence-electron chi connectivity index (χ1n) is 8.48. The molecular formula is C20H25N3O. The van der Waals surface area contributed by atoms with E-state index in [0.717, 1.165) is 18.0 Å². The lowest BCUT2D eigenvalue weighted by atomic mass is 9.79. The minimum absolute atomic E-state index is 0.132. The lowest BCUT2D eigenvalue weighted by molar-refractivity contribution is 0.415. The second kappa shape index (κ2) is 7.39. The zero-order valence-electron chi connectivity index (χ0n) is 14.2. The van der Waals surface area contributed by atoms with E-state index < -0.39 is 0 Å². The van der Waals surface area contributed by atoms with Crippen LogP contribution < -0.4 is 15.8 Å². The van der Waals surface area contributed by atoms with Crippen LogP contribution in [0.5, 0.6) is 5.75 Å². The molecule has 3 rings (SSSR count). The fourth-order valence-electron chi connectivity index (χ4n) is 3.48. The van der Waals surface area contributed by atoms with Crippen molar-refractivity contribution in [2.45, 2.75) is 31.1 Å². The van der Waals surface area contributed by atoms with Crippen molar-refractivity contribution in [1.82, 2.24) is 0 Å². The summed E-state index contributed by atoms with van der Waals surface area (Å²) in [5.41, 5.74) is 8.52. The smallest absolute Gasteiger partial charge is 0.193 e. The number of methoxy groups -OCH3 is 1. The number of aliphatic imine (C=N–C) groups is 1. The van der Waals surface area contributed by atoms with Gasteiger partial charge in [0.1, 0.15) is 5.75 Å². The summed E-state index contributed by atoms with van der Waals surface area (Å²) in [6.07, 6.45) is 4.87. The van der Waals surface area contributed by atoms with E-state index in [0.29, 0.717) is 5.96 Å². The van der Waals surface area contributed by atoms with E-state index in [4.69, 9.17) is 10.5 Å². The molecule has 126 valence electrons. The lowest BCUT2D eigenvalue weighted by Gasteiger charge is -2.28. The van der Waals surface area contributed by atoms with Crippen LogP contribution in [0.1, 0.15) is 31.2 Å². The van der Waals surface area contributed by atoms with E-state index in [9.17, 15) is 0 Å². The van der Waals surface area contributed by atoms with E-state index in [2.05, 4.69) is 40.6 Å². The highest BCUT2D eigenvalue weighted by atomic mass is 16.5. The van der Waals surface area contributed by atoms with E-state index in [1.54, 1.807) is 7.11 Å². The van der Waals surface area contributed by atoms with E-state index in [1.165, 1.54) is 31.2 Å². The monoisotopic (exact) mass is 323 g/mol. The van der Waals surface area contributed by atoms with Gasteiger partial charge in [0.25, 0.3) is 0 Å². The number of benzene rings is 2. The van der Waals surface area contributed by atoms with Gasteiger partial charge in [0.15, 0.2) is 5.96 Å². The molecule has 0 atom stereocenters. The Hall–Kier alpha value is -2.49. The van der Waals surface area contributed by atoms with Crippen LogP contribution in [-0.2, 0) is 5.41 Å². The third-order valence-electron chi connectivity index (χ3n) is 4.86. The van der Waals surface area contributed by atoms with Crippen LogP contribution in [0.3, 0.4) is 0 Å². The Morgan fingerprint density at radius 1 is 1.08 bits per heavy atom. The number of nitrogens with two attached hydrogens (primary N) is 1. The van der Waals surface area contributed by atoms with Crippen LogP contribution in [0.25, 0.3) is 0 Å². The van der Waals surface area contributed by atoms with Crippen molar-refractivity contribution in [3.63, 3.8) is 0 Å². The predicted molar refractivity (Wildman–Crippen MR) is 99.7 cm³/mol. The van der Waals surface area contributed by atoms with E-state index in [1.807, 2.05) is 24.3 Å². The van der Waals surface area contributed by atoms with Gasteiger partial charge in [-0.3, -0.25) is 4.99 Å².